The molecule has 3 aromatic rings. The van der Waals surface area contributed by atoms with E-state index < -0.39 is 0 Å². The summed E-state index contributed by atoms with van der Waals surface area (Å²) >= 11 is 0. The van der Waals surface area contributed by atoms with Gasteiger partial charge in [0.05, 0.1) is 17.7 Å². The largest absolute Gasteiger partial charge is 0.492 e. The molecule has 0 bridgehead atoms. The van der Waals surface area contributed by atoms with E-state index in [1.807, 2.05) is 31.2 Å². The van der Waals surface area contributed by atoms with Crippen LogP contribution in [0.1, 0.15) is 43.2 Å². The summed E-state index contributed by atoms with van der Waals surface area (Å²) in [5, 5.41) is 16.4. The number of nitriles is 1. The molecule has 1 aromatic heterocycles. The van der Waals surface area contributed by atoms with Crippen LogP contribution >= 0.6 is 0 Å². The first-order chi connectivity index (χ1) is 18.0. The second-order valence-corrected chi connectivity index (χ2v) is 10.1. The van der Waals surface area contributed by atoms with Crippen LogP contribution in [0.3, 0.4) is 0 Å². The standard InChI is InChI=1S/C29H33N5O3/c1-19-15-23(5-6-25(19)33-29(35)32-22-3-4-22)37-27-7-11-31-26-17-28(21(18-30)16-24(26)27)36-14-10-20-8-12-34(2)13-9-20/h5-7,11,15-17,20,22H,3-4,8-10,12-14H2,1-2H3,(H2,32,33,35). The molecule has 2 aliphatic rings. The maximum absolute atomic E-state index is 12.1. The van der Waals surface area contributed by atoms with Crippen LogP contribution in [0.15, 0.2) is 42.6 Å². The number of carbonyl (C=O) groups excluding carboxylic acids is 1. The maximum Gasteiger partial charge on any atom is 0.319 e. The monoisotopic (exact) mass is 499 g/mol. The van der Waals surface area contributed by atoms with E-state index in [0.29, 0.717) is 46.9 Å². The number of rotatable bonds is 8. The van der Waals surface area contributed by atoms with E-state index in [9.17, 15) is 10.1 Å². The molecule has 0 spiro atoms. The van der Waals surface area contributed by atoms with E-state index in [1.54, 1.807) is 18.3 Å². The second-order valence-electron chi connectivity index (χ2n) is 10.1. The summed E-state index contributed by atoms with van der Waals surface area (Å²) < 4.78 is 12.2. The fourth-order valence-electron chi connectivity index (χ4n) is 4.67. The number of pyridine rings is 1. The van der Waals surface area contributed by atoms with Gasteiger partial charge < -0.3 is 25.0 Å². The van der Waals surface area contributed by atoms with Gasteiger partial charge in [0.25, 0.3) is 0 Å². The molecule has 2 heterocycles. The third-order valence-corrected chi connectivity index (χ3v) is 7.13. The van der Waals surface area contributed by atoms with Gasteiger partial charge in [-0.2, -0.15) is 5.26 Å². The fraction of sp³-hybridized carbons (Fsp3) is 0.414. The minimum Gasteiger partial charge on any atom is -0.492 e. The third-order valence-electron chi connectivity index (χ3n) is 7.13. The lowest BCUT2D eigenvalue weighted by Crippen LogP contribution is -2.30. The Kier molecular flexibility index (Phi) is 7.42. The van der Waals surface area contributed by atoms with E-state index in [2.05, 4.69) is 33.6 Å². The number of benzene rings is 2. The van der Waals surface area contributed by atoms with E-state index in [1.165, 1.54) is 12.8 Å². The number of fused-ring (bicyclic) bond motifs is 1. The molecule has 8 heteroatoms. The highest BCUT2D eigenvalue weighted by atomic mass is 16.5. The SMILES string of the molecule is Cc1cc(Oc2ccnc3cc(OCCC4CCN(C)CC4)c(C#N)cc23)ccc1NC(=O)NC1CC1. The van der Waals surface area contributed by atoms with Crippen LogP contribution < -0.4 is 20.1 Å². The summed E-state index contributed by atoms with van der Waals surface area (Å²) in [4.78, 5) is 18.9. The van der Waals surface area contributed by atoms with Gasteiger partial charge in [-0.1, -0.05) is 0 Å². The predicted molar refractivity (Wildman–Crippen MR) is 143 cm³/mol. The van der Waals surface area contributed by atoms with E-state index >= 15 is 0 Å². The zero-order valence-electron chi connectivity index (χ0n) is 21.4. The van der Waals surface area contributed by atoms with Crippen molar-refractivity contribution in [2.75, 3.05) is 32.1 Å². The fourth-order valence-corrected chi connectivity index (χ4v) is 4.67. The van der Waals surface area contributed by atoms with Gasteiger partial charge in [0.2, 0.25) is 0 Å². The number of likely N-dealkylation sites (tertiary alicyclic amines) is 1. The molecular weight excluding hydrogens is 466 g/mol. The summed E-state index contributed by atoms with van der Waals surface area (Å²) in [5.41, 5.74) is 2.79. The molecule has 192 valence electrons. The number of hydrogen-bond donors (Lipinski definition) is 2. The van der Waals surface area contributed by atoms with Gasteiger partial charge in [0, 0.05) is 29.4 Å². The zero-order valence-corrected chi connectivity index (χ0v) is 21.4. The number of ether oxygens (including phenoxy) is 2. The lowest BCUT2D eigenvalue weighted by Gasteiger charge is -2.28. The minimum atomic E-state index is -0.187. The lowest BCUT2D eigenvalue weighted by atomic mass is 9.94. The highest BCUT2D eigenvalue weighted by Crippen LogP contribution is 2.34. The van der Waals surface area contributed by atoms with E-state index in [4.69, 9.17) is 9.47 Å². The molecule has 2 N–H and O–H groups in total. The van der Waals surface area contributed by atoms with Crippen LogP contribution in [-0.2, 0) is 0 Å². The van der Waals surface area contributed by atoms with Crippen molar-refractivity contribution < 1.29 is 14.3 Å². The molecule has 2 amide bonds. The van der Waals surface area contributed by atoms with Crippen molar-refractivity contribution in [3.8, 4) is 23.3 Å². The van der Waals surface area contributed by atoms with Crippen molar-refractivity contribution in [2.24, 2.45) is 5.92 Å². The Balaban J connectivity index is 1.28. The van der Waals surface area contributed by atoms with Crippen molar-refractivity contribution in [1.82, 2.24) is 15.2 Å². The Bertz CT molecular complexity index is 1320. The molecule has 1 saturated carbocycles. The Morgan fingerprint density at radius 2 is 1.95 bits per heavy atom. The number of piperidine rings is 1. The highest BCUT2D eigenvalue weighted by molar-refractivity contribution is 5.91. The molecule has 1 aliphatic carbocycles. The molecule has 5 rings (SSSR count). The maximum atomic E-state index is 12.1. The molecule has 2 fully saturated rings. The summed E-state index contributed by atoms with van der Waals surface area (Å²) in [6, 6.07) is 13.3. The Morgan fingerprint density at radius 3 is 2.68 bits per heavy atom. The molecule has 2 aromatic carbocycles. The van der Waals surface area contributed by atoms with Crippen LogP contribution in [0, 0.1) is 24.2 Å². The Morgan fingerprint density at radius 1 is 1.14 bits per heavy atom. The van der Waals surface area contributed by atoms with Gasteiger partial charge in [0.1, 0.15) is 23.3 Å². The van der Waals surface area contributed by atoms with Crippen LogP contribution in [0.2, 0.25) is 0 Å². The van der Waals surface area contributed by atoms with Gasteiger partial charge in [-0.15, -0.1) is 0 Å². The molecule has 1 saturated heterocycles. The quantitative estimate of drug-likeness (QED) is 0.418. The molecule has 8 nitrogen and oxygen atoms in total. The summed E-state index contributed by atoms with van der Waals surface area (Å²) in [7, 11) is 2.16. The number of nitrogens with one attached hydrogen (secondary N) is 2. The third kappa shape index (κ3) is 6.30. The number of aryl methyl sites for hydroxylation is 1. The average Bonchev–Trinajstić information content (AvgIpc) is 3.70. The number of carbonyl (C=O) groups is 1. The van der Waals surface area contributed by atoms with E-state index in [-0.39, 0.29) is 6.03 Å². The number of nitrogens with zero attached hydrogens (tertiary/aromatic N) is 3. The van der Waals surface area contributed by atoms with Crippen molar-refractivity contribution in [3.63, 3.8) is 0 Å². The number of urea groups is 1. The Hall–Kier alpha value is -3.83. The van der Waals surface area contributed by atoms with Gasteiger partial charge in [-0.3, -0.25) is 4.98 Å². The molecule has 1 aliphatic heterocycles. The number of hydrogen-bond acceptors (Lipinski definition) is 6. The van der Waals surface area contributed by atoms with Crippen molar-refractivity contribution in [3.05, 3.63) is 53.7 Å². The minimum absolute atomic E-state index is 0.187. The lowest BCUT2D eigenvalue weighted by molar-refractivity contribution is 0.187. The van der Waals surface area contributed by atoms with Crippen molar-refractivity contribution >= 4 is 22.6 Å². The van der Waals surface area contributed by atoms with Gasteiger partial charge >= 0.3 is 6.03 Å². The first-order valence-electron chi connectivity index (χ1n) is 13.0. The Labute approximate surface area is 217 Å². The van der Waals surface area contributed by atoms with E-state index in [0.717, 1.165) is 49.0 Å². The molecule has 0 unspecified atom stereocenters. The van der Waals surface area contributed by atoms with Crippen LogP contribution in [-0.4, -0.2) is 48.7 Å². The van der Waals surface area contributed by atoms with Gasteiger partial charge in [0.15, 0.2) is 0 Å². The average molecular weight is 500 g/mol. The molecule has 0 atom stereocenters. The van der Waals surface area contributed by atoms with Crippen molar-refractivity contribution in [2.45, 2.75) is 45.1 Å². The normalized spacial score (nSPS) is 16.2. The first-order valence-corrected chi connectivity index (χ1v) is 13.0. The molecule has 37 heavy (non-hydrogen) atoms. The van der Waals surface area contributed by atoms with Crippen LogP contribution in [0.25, 0.3) is 10.9 Å². The van der Waals surface area contributed by atoms with Crippen LogP contribution in [0.5, 0.6) is 17.2 Å². The molecular formula is C29H33N5O3. The summed E-state index contributed by atoms with van der Waals surface area (Å²) in [6.07, 6.45) is 7.14. The number of aromatic nitrogens is 1. The van der Waals surface area contributed by atoms with Crippen LogP contribution in [0.4, 0.5) is 10.5 Å². The van der Waals surface area contributed by atoms with Gasteiger partial charge in [-0.25, -0.2) is 4.79 Å². The highest BCUT2D eigenvalue weighted by Gasteiger charge is 2.23. The predicted octanol–water partition coefficient (Wildman–Crippen LogP) is 5.60. The first kappa shape index (κ1) is 24.8. The zero-order chi connectivity index (χ0) is 25.8. The topological polar surface area (TPSA) is 99.5 Å². The second kappa shape index (κ2) is 11.1. The van der Waals surface area contributed by atoms with Crippen molar-refractivity contribution in [1.29, 1.82) is 5.26 Å². The number of anilines is 1. The summed E-state index contributed by atoms with van der Waals surface area (Å²) in [5.74, 6) is 2.46. The smallest absolute Gasteiger partial charge is 0.319 e. The summed E-state index contributed by atoms with van der Waals surface area (Å²) in [6.45, 7) is 4.77. The van der Waals surface area contributed by atoms with Gasteiger partial charge in [-0.05, 0) is 101 Å². The molecule has 0 radical (unpaired) electrons. The number of amides is 2.